The normalized spacial score (nSPS) is 15.7. The van der Waals surface area contributed by atoms with Crippen LogP contribution in [0.2, 0.25) is 0 Å². The van der Waals surface area contributed by atoms with Gasteiger partial charge in [-0.15, -0.1) is 0 Å². The van der Waals surface area contributed by atoms with Crippen LogP contribution in [0.1, 0.15) is 24.0 Å². The molecule has 0 aliphatic carbocycles. The first kappa shape index (κ1) is 20.1. The number of ether oxygens (including phenoxy) is 1. The maximum absolute atomic E-state index is 12.4. The van der Waals surface area contributed by atoms with Crippen LogP contribution >= 0.6 is 0 Å². The molecule has 1 aliphatic heterocycles. The van der Waals surface area contributed by atoms with Crippen LogP contribution in [0.3, 0.4) is 0 Å². The minimum Gasteiger partial charge on any atom is -0.483 e. The van der Waals surface area contributed by atoms with Crippen molar-refractivity contribution < 1.29 is 27.5 Å². The van der Waals surface area contributed by atoms with Crippen molar-refractivity contribution in [3.05, 3.63) is 29.3 Å². The fourth-order valence-electron chi connectivity index (χ4n) is 2.85. The minimum atomic E-state index is -4.83. The van der Waals surface area contributed by atoms with E-state index in [0.29, 0.717) is 25.1 Å². The maximum atomic E-state index is 12.4. The Balaban J connectivity index is 1.70. The number of alkyl halides is 3. The molecule has 0 saturated carbocycles. The van der Waals surface area contributed by atoms with E-state index in [9.17, 15) is 22.8 Å². The fourth-order valence-corrected chi connectivity index (χ4v) is 2.85. The number of nitrogens with zero attached hydrogens (tertiary/aromatic N) is 1. The third kappa shape index (κ3) is 5.37. The molecule has 144 valence electrons. The molecule has 8 heteroatoms. The highest BCUT2D eigenvalue weighted by Gasteiger charge is 2.43. The molecule has 1 heterocycles. The van der Waals surface area contributed by atoms with Gasteiger partial charge in [-0.2, -0.15) is 13.2 Å². The third-order valence-electron chi connectivity index (χ3n) is 4.65. The zero-order valence-electron chi connectivity index (χ0n) is 14.9. The Morgan fingerprint density at radius 2 is 1.88 bits per heavy atom. The van der Waals surface area contributed by atoms with Crippen LogP contribution in [0.25, 0.3) is 0 Å². The molecule has 1 aliphatic rings. The Kier molecular flexibility index (Phi) is 6.50. The summed E-state index contributed by atoms with van der Waals surface area (Å²) in [6.07, 6.45) is -3.97. The predicted octanol–water partition coefficient (Wildman–Crippen LogP) is 2.60. The summed E-state index contributed by atoms with van der Waals surface area (Å²) in [6, 6.07) is 5.60. The first-order valence-electron chi connectivity index (χ1n) is 8.50. The summed E-state index contributed by atoms with van der Waals surface area (Å²) in [5.74, 6) is -1.36. The number of likely N-dealkylation sites (tertiary alicyclic amines) is 1. The summed E-state index contributed by atoms with van der Waals surface area (Å²) in [4.78, 5) is 23.9. The highest BCUT2D eigenvalue weighted by Crippen LogP contribution is 2.23. The van der Waals surface area contributed by atoms with E-state index >= 15 is 0 Å². The lowest BCUT2D eigenvalue weighted by molar-refractivity contribution is -0.186. The lowest BCUT2D eigenvalue weighted by Crippen LogP contribution is -2.46. The number of nitrogens with one attached hydrogen (secondary N) is 1. The number of halogens is 3. The van der Waals surface area contributed by atoms with Crippen LogP contribution in [0.5, 0.6) is 5.75 Å². The van der Waals surface area contributed by atoms with Gasteiger partial charge in [-0.1, -0.05) is 12.1 Å². The highest BCUT2D eigenvalue weighted by molar-refractivity contribution is 5.82. The molecule has 2 amide bonds. The van der Waals surface area contributed by atoms with E-state index in [1.165, 1.54) is 0 Å². The van der Waals surface area contributed by atoms with E-state index < -0.39 is 12.1 Å². The summed E-state index contributed by atoms with van der Waals surface area (Å²) in [6.45, 7) is 4.23. The van der Waals surface area contributed by atoms with E-state index in [1.807, 2.05) is 26.0 Å². The lowest BCUT2D eigenvalue weighted by atomic mass is 9.96. The topological polar surface area (TPSA) is 58.6 Å². The smallest absolute Gasteiger partial charge is 0.471 e. The average Bonchev–Trinajstić information content (AvgIpc) is 2.60. The molecule has 5 nitrogen and oxygen atoms in total. The molecule has 0 unspecified atom stereocenters. The summed E-state index contributed by atoms with van der Waals surface area (Å²) in [7, 11) is 0. The Labute approximate surface area is 150 Å². The van der Waals surface area contributed by atoms with Gasteiger partial charge < -0.3 is 15.0 Å². The number of hydrogen-bond acceptors (Lipinski definition) is 3. The van der Waals surface area contributed by atoms with Crippen molar-refractivity contribution in [2.75, 3.05) is 26.2 Å². The third-order valence-corrected chi connectivity index (χ3v) is 4.65. The molecule has 2 rings (SSSR count). The van der Waals surface area contributed by atoms with Crippen LogP contribution in [0, 0.1) is 19.8 Å². The Hall–Kier alpha value is -2.25. The molecule has 0 atom stereocenters. The van der Waals surface area contributed by atoms with Gasteiger partial charge in [-0.3, -0.25) is 9.59 Å². The molecular formula is C18H23F3N2O3. The molecule has 1 fully saturated rings. The van der Waals surface area contributed by atoms with Crippen molar-refractivity contribution in [1.29, 1.82) is 0 Å². The monoisotopic (exact) mass is 372 g/mol. The number of hydrogen-bond donors (Lipinski definition) is 1. The molecule has 0 spiro atoms. The Morgan fingerprint density at radius 1 is 1.23 bits per heavy atom. The van der Waals surface area contributed by atoms with Crippen LogP contribution in [0.4, 0.5) is 13.2 Å². The van der Waals surface area contributed by atoms with Gasteiger partial charge in [0, 0.05) is 19.6 Å². The van der Waals surface area contributed by atoms with E-state index in [4.69, 9.17) is 4.74 Å². The minimum absolute atomic E-state index is 0.0527. The molecule has 0 radical (unpaired) electrons. The number of benzene rings is 1. The van der Waals surface area contributed by atoms with E-state index in [-0.39, 0.29) is 31.5 Å². The zero-order chi connectivity index (χ0) is 19.3. The molecule has 0 bridgehead atoms. The number of rotatable bonds is 5. The molecule has 1 N–H and O–H groups in total. The molecule has 26 heavy (non-hydrogen) atoms. The number of amides is 2. The zero-order valence-corrected chi connectivity index (χ0v) is 14.9. The van der Waals surface area contributed by atoms with Gasteiger partial charge in [0.1, 0.15) is 5.75 Å². The molecule has 0 aromatic heterocycles. The summed E-state index contributed by atoms with van der Waals surface area (Å²) in [5, 5.41) is 2.74. The largest absolute Gasteiger partial charge is 0.483 e. The summed E-state index contributed by atoms with van der Waals surface area (Å²) < 4.78 is 42.7. The highest BCUT2D eigenvalue weighted by atomic mass is 19.4. The van der Waals surface area contributed by atoms with Crippen LogP contribution in [-0.2, 0) is 9.59 Å². The first-order chi connectivity index (χ1) is 12.2. The van der Waals surface area contributed by atoms with E-state index in [1.54, 1.807) is 6.07 Å². The molecule has 1 aromatic rings. The second-order valence-corrected chi connectivity index (χ2v) is 6.52. The van der Waals surface area contributed by atoms with E-state index in [0.717, 1.165) is 16.0 Å². The van der Waals surface area contributed by atoms with Crippen molar-refractivity contribution >= 4 is 11.8 Å². The maximum Gasteiger partial charge on any atom is 0.471 e. The van der Waals surface area contributed by atoms with Gasteiger partial charge in [-0.25, -0.2) is 0 Å². The van der Waals surface area contributed by atoms with Crippen LogP contribution in [-0.4, -0.2) is 49.1 Å². The average molecular weight is 372 g/mol. The number of carbonyl (C=O) groups excluding carboxylic acids is 2. The lowest BCUT2D eigenvalue weighted by Gasteiger charge is -2.32. The van der Waals surface area contributed by atoms with Gasteiger partial charge >= 0.3 is 12.1 Å². The number of piperidine rings is 1. The van der Waals surface area contributed by atoms with Crippen molar-refractivity contribution in [1.82, 2.24) is 10.2 Å². The van der Waals surface area contributed by atoms with Crippen LogP contribution in [0.15, 0.2) is 18.2 Å². The Bertz CT molecular complexity index is 654. The Morgan fingerprint density at radius 3 is 2.50 bits per heavy atom. The second-order valence-electron chi connectivity index (χ2n) is 6.52. The van der Waals surface area contributed by atoms with Crippen molar-refractivity contribution in [2.24, 2.45) is 5.92 Å². The fraction of sp³-hybridized carbons (Fsp3) is 0.556. The number of aryl methyl sites for hydroxylation is 1. The van der Waals surface area contributed by atoms with Crippen LogP contribution < -0.4 is 10.1 Å². The second kappa shape index (κ2) is 8.42. The standard InChI is InChI=1S/C18H23F3N2O3/c1-12-4-3-5-15(13(12)2)26-11-16(24)22-10-14-6-8-23(9-7-14)17(25)18(19,20)21/h3-5,14H,6-11H2,1-2H3,(H,22,24). The van der Waals surface area contributed by atoms with Gasteiger partial charge in [0.05, 0.1) is 0 Å². The van der Waals surface area contributed by atoms with Gasteiger partial charge in [-0.05, 0) is 49.8 Å². The van der Waals surface area contributed by atoms with Crippen molar-refractivity contribution in [3.8, 4) is 5.75 Å². The van der Waals surface area contributed by atoms with Gasteiger partial charge in [0.25, 0.3) is 5.91 Å². The van der Waals surface area contributed by atoms with Gasteiger partial charge in [0.2, 0.25) is 0 Å². The predicted molar refractivity (Wildman–Crippen MR) is 89.8 cm³/mol. The summed E-state index contributed by atoms with van der Waals surface area (Å²) >= 11 is 0. The molecular weight excluding hydrogens is 349 g/mol. The van der Waals surface area contributed by atoms with Gasteiger partial charge in [0.15, 0.2) is 6.61 Å². The molecule has 1 aromatic carbocycles. The molecule has 1 saturated heterocycles. The van der Waals surface area contributed by atoms with E-state index in [2.05, 4.69) is 5.32 Å². The van der Waals surface area contributed by atoms with Crippen molar-refractivity contribution in [3.63, 3.8) is 0 Å². The summed E-state index contributed by atoms with van der Waals surface area (Å²) in [5.41, 5.74) is 2.05. The number of carbonyl (C=O) groups is 2. The van der Waals surface area contributed by atoms with Crippen molar-refractivity contribution in [2.45, 2.75) is 32.9 Å². The SMILES string of the molecule is Cc1cccc(OCC(=O)NCC2CCN(C(=O)C(F)(F)F)CC2)c1C. The first-order valence-corrected chi connectivity index (χ1v) is 8.50. The quantitative estimate of drug-likeness (QED) is 0.864.